The first-order valence-corrected chi connectivity index (χ1v) is 7.44. The van der Waals surface area contributed by atoms with Crippen molar-refractivity contribution in [2.45, 2.75) is 6.92 Å². The van der Waals surface area contributed by atoms with Crippen molar-refractivity contribution >= 4 is 38.5 Å². The Morgan fingerprint density at radius 1 is 1.14 bits per heavy atom. The number of amides is 1. The molecular formula is C17H12BrNO3. The van der Waals surface area contributed by atoms with Gasteiger partial charge in [0.2, 0.25) is 0 Å². The minimum Gasteiger partial charge on any atom is -0.422 e. The van der Waals surface area contributed by atoms with Gasteiger partial charge in [-0.05, 0) is 53.2 Å². The van der Waals surface area contributed by atoms with Crippen molar-refractivity contribution in [3.63, 3.8) is 0 Å². The topological polar surface area (TPSA) is 59.3 Å². The van der Waals surface area contributed by atoms with E-state index in [0.29, 0.717) is 11.3 Å². The normalized spacial score (nSPS) is 10.6. The largest absolute Gasteiger partial charge is 0.422 e. The highest BCUT2D eigenvalue weighted by molar-refractivity contribution is 9.10. The van der Waals surface area contributed by atoms with Crippen LogP contribution in [-0.2, 0) is 0 Å². The minimum absolute atomic E-state index is 0.0196. The first-order chi connectivity index (χ1) is 10.5. The van der Waals surface area contributed by atoms with Crippen LogP contribution in [0, 0.1) is 6.92 Å². The number of halogens is 1. The molecule has 1 N–H and O–H groups in total. The summed E-state index contributed by atoms with van der Waals surface area (Å²) < 4.78 is 5.95. The molecule has 0 radical (unpaired) electrons. The fourth-order valence-electron chi connectivity index (χ4n) is 2.15. The zero-order chi connectivity index (χ0) is 15.7. The first-order valence-electron chi connectivity index (χ1n) is 6.65. The number of carbonyl (C=O) groups is 1. The Bertz CT molecular complexity index is 931. The van der Waals surface area contributed by atoms with E-state index in [1.807, 2.05) is 31.2 Å². The lowest BCUT2D eigenvalue weighted by Crippen LogP contribution is -2.20. The highest BCUT2D eigenvalue weighted by atomic mass is 79.9. The van der Waals surface area contributed by atoms with E-state index >= 15 is 0 Å². The molecule has 110 valence electrons. The second kappa shape index (κ2) is 5.77. The van der Waals surface area contributed by atoms with Gasteiger partial charge in [-0.2, -0.15) is 0 Å². The van der Waals surface area contributed by atoms with Gasteiger partial charge in [-0.25, -0.2) is 4.79 Å². The van der Waals surface area contributed by atoms with Crippen LogP contribution in [0.3, 0.4) is 0 Å². The van der Waals surface area contributed by atoms with Gasteiger partial charge in [0.1, 0.15) is 11.1 Å². The van der Waals surface area contributed by atoms with Crippen molar-refractivity contribution in [1.82, 2.24) is 0 Å². The van der Waals surface area contributed by atoms with E-state index in [1.165, 1.54) is 0 Å². The molecule has 4 nitrogen and oxygen atoms in total. The molecule has 22 heavy (non-hydrogen) atoms. The van der Waals surface area contributed by atoms with Crippen LogP contribution in [0.5, 0.6) is 0 Å². The van der Waals surface area contributed by atoms with Crippen LogP contribution < -0.4 is 10.9 Å². The van der Waals surface area contributed by atoms with Gasteiger partial charge in [0, 0.05) is 9.86 Å². The molecule has 1 aromatic heterocycles. The van der Waals surface area contributed by atoms with Crippen molar-refractivity contribution in [3.8, 4) is 0 Å². The number of anilines is 1. The summed E-state index contributed by atoms with van der Waals surface area (Å²) in [6.45, 7) is 1.94. The van der Waals surface area contributed by atoms with Crippen molar-refractivity contribution in [3.05, 3.63) is 74.6 Å². The van der Waals surface area contributed by atoms with Crippen molar-refractivity contribution in [2.24, 2.45) is 0 Å². The maximum Gasteiger partial charge on any atom is 0.349 e. The second-order valence-corrected chi connectivity index (χ2v) is 5.78. The molecule has 5 heteroatoms. The van der Waals surface area contributed by atoms with E-state index in [9.17, 15) is 9.59 Å². The average molecular weight is 358 g/mol. The van der Waals surface area contributed by atoms with Crippen molar-refractivity contribution < 1.29 is 9.21 Å². The van der Waals surface area contributed by atoms with Crippen molar-refractivity contribution in [1.29, 1.82) is 0 Å². The molecule has 0 aliphatic carbocycles. The second-order valence-electron chi connectivity index (χ2n) is 4.92. The van der Waals surface area contributed by atoms with E-state index in [4.69, 9.17) is 4.42 Å². The van der Waals surface area contributed by atoms with Gasteiger partial charge in [0.25, 0.3) is 5.91 Å². The van der Waals surface area contributed by atoms with Gasteiger partial charge in [-0.1, -0.05) is 23.8 Å². The number of carbonyl (C=O) groups excluding carboxylic acids is 1. The summed E-state index contributed by atoms with van der Waals surface area (Å²) in [5.74, 6) is -0.496. The van der Waals surface area contributed by atoms with Crippen LogP contribution in [0.15, 0.2) is 62.2 Å². The van der Waals surface area contributed by atoms with Gasteiger partial charge >= 0.3 is 5.63 Å². The Balaban J connectivity index is 2.02. The number of hydrogen-bond donors (Lipinski definition) is 1. The number of aryl methyl sites for hydroxylation is 1. The Morgan fingerprint density at radius 2 is 1.91 bits per heavy atom. The molecule has 0 unspecified atom stereocenters. The van der Waals surface area contributed by atoms with Crippen LogP contribution >= 0.6 is 15.9 Å². The summed E-state index contributed by atoms with van der Waals surface area (Å²) in [6.07, 6.45) is 0. The fourth-order valence-corrected chi connectivity index (χ4v) is 2.54. The van der Waals surface area contributed by atoms with Crippen LogP contribution in [-0.4, -0.2) is 5.91 Å². The lowest BCUT2D eigenvalue weighted by atomic mass is 10.1. The Morgan fingerprint density at radius 3 is 2.68 bits per heavy atom. The van der Waals surface area contributed by atoms with Gasteiger partial charge in [0.05, 0.1) is 5.69 Å². The molecule has 0 bridgehead atoms. The van der Waals surface area contributed by atoms with Gasteiger partial charge < -0.3 is 9.73 Å². The third-order valence-electron chi connectivity index (χ3n) is 3.25. The number of benzene rings is 2. The Kier molecular flexibility index (Phi) is 3.81. The molecule has 3 aromatic rings. The number of rotatable bonds is 2. The Hall–Kier alpha value is -2.40. The van der Waals surface area contributed by atoms with E-state index in [0.717, 1.165) is 15.4 Å². The highest BCUT2D eigenvalue weighted by Crippen LogP contribution is 2.22. The highest BCUT2D eigenvalue weighted by Gasteiger charge is 2.15. The van der Waals surface area contributed by atoms with Gasteiger partial charge in [-0.15, -0.1) is 0 Å². The zero-order valence-electron chi connectivity index (χ0n) is 11.7. The molecule has 0 saturated heterocycles. The number of nitrogens with one attached hydrogen (secondary N) is 1. The molecule has 2 aromatic carbocycles. The average Bonchev–Trinajstić information content (AvgIpc) is 2.49. The summed E-state index contributed by atoms with van der Waals surface area (Å²) in [5, 5.41) is 3.42. The van der Waals surface area contributed by atoms with Crippen molar-refractivity contribution in [2.75, 3.05) is 5.32 Å². The zero-order valence-corrected chi connectivity index (χ0v) is 13.3. The van der Waals surface area contributed by atoms with E-state index in [-0.39, 0.29) is 5.56 Å². The third kappa shape index (κ3) is 2.80. The molecule has 0 aliphatic rings. The van der Waals surface area contributed by atoms with E-state index in [2.05, 4.69) is 21.2 Å². The molecule has 1 heterocycles. The summed E-state index contributed by atoms with van der Waals surface area (Å²) in [7, 11) is 0. The SMILES string of the molecule is Cc1ccc2oc(=O)c(C(=O)Nc3ccccc3Br)cc2c1. The van der Waals surface area contributed by atoms with Gasteiger partial charge in [0.15, 0.2) is 0 Å². The smallest absolute Gasteiger partial charge is 0.349 e. The monoisotopic (exact) mass is 357 g/mol. The summed E-state index contributed by atoms with van der Waals surface area (Å²) >= 11 is 3.35. The molecule has 0 atom stereocenters. The lowest BCUT2D eigenvalue weighted by molar-refractivity contribution is 0.102. The predicted molar refractivity (Wildman–Crippen MR) is 89.3 cm³/mol. The summed E-state index contributed by atoms with van der Waals surface area (Å²) in [4.78, 5) is 24.3. The molecule has 0 saturated carbocycles. The quantitative estimate of drug-likeness (QED) is 0.701. The summed E-state index contributed by atoms with van der Waals surface area (Å²) in [6, 6.07) is 14.2. The standard InChI is InChI=1S/C17H12BrNO3/c1-10-6-7-15-11(8-10)9-12(17(21)22-15)16(20)19-14-5-3-2-4-13(14)18/h2-9H,1H3,(H,19,20). The summed E-state index contributed by atoms with van der Waals surface area (Å²) in [5.41, 5.74) is 1.41. The number of fused-ring (bicyclic) bond motifs is 1. The molecular weight excluding hydrogens is 346 g/mol. The molecule has 0 aliphatic heterocycles. The van der Waals surface area contributed by atoms with Crippen LogP contribution in [0.2, 0.25) is 0 Å². The fraction of sp³-hybridized carbons (Fsp3) is 0.0588. The van der Waals surface area contributed by atoms with Crippen LogP contribution in [0.1, 0.15) is 15.9 Å². The van der Waals surface area contributed by atoms with Crippen LogP contribution in [0.4, 0.5) is 5.69 Å². The van der Waals surface area contributed by atoms with E-state index < -0.39 is 11.5 Å². The third-order valence-corrected chi connectivity index (χ3v) is 3.95. The molecule has 1 amide bonds. The Labute approximate surface area is 134 Å². The van der Waals surface area contributed by atoms with Crippen LogP contribution in [0.25, 0.3) is 11.0 Å². The van der Waals surface area contributed by atoms with E-state index in [1.54, 1.807) is 24.3 Å². The minimum atomic E-state index is -0.652. The molecule has 3 rings (SSSR count). The molecule has 0 spiro atoms. The van der Waals surface area contributed by atoms with Gasteiger partial charge in [-0.3, -0.25) is 4.79 Å². The predicted octanol–water partition coefficient (Wildman–Crippen LogP) is 4.12. The maximum absolute atomic E-state index is 12.3. The number of hydrogen-bond acceptors (Lipinski definition) is 3. The molecule has 0 fully saturated rings. The first kappa shape index (κ1) is 14.5. The lowest BCUT2D eigenvalue weighted by Gasteiger charge is -2.07. The maximum atomic E-state index is 12.3. The number of para-hydroxylation sites is 1.